The summed E-state index contributed by atoms with van der Waals surface area (Å²) in [5, 5.41) is 9.31. The molecule has 4 nitrogen and oxygen atoms in total. The van der Waals surface area contributed by atoms with E-state index in [-0.39, 0.29) is 0 Å². The topological polar surface area (TPSA) is 74.6 Å². The lowest BCUT2D eigenvalue weighted by molar-refractivity contribution is -0.138. The van der Waals surface area contributed by atoms with Gasteiger partial charge in [0.15, 0.2) is 8.03 Å². The first-order valence-corrected chi connectivity index (χ1v) is 7.51. The van der Waals surface area contributed by atoms with Crippen molar-refractivity contribution in [3.8, 4) is 0 Å². The third-order valence-electron chi connectivity index (χ3n) is 3.01. The Morgan fingerprint density at radius 1 is 1.33 bits per heavy atom. The third kappa shape index (κ3) is 3.97. The minimum atomic E-state index is -2.87. The summed E-state index contributed by atoms with van der Waals surface area (Å²) in [6.07, 6.45) is 2.11. The van der Waals surface area contributed by atoms with Crippen molar-refractivity contribution in [2.45, 2.75) is 37.8 Å². The summed E-state index contributed by atoms with van der Waals surface area (Å²) < 4.78 is 11.4. The van der Waals surface area contributed by atoms with Gasteiger partial charge in [-0.2, -0.15) is 0 Å². The molecule has 0 spiro atoms. The number of rotatable bonds is 7. The van der Waals surface area contributed by atoms with Crippen molar-refractivity contribution in [2.75, 3.05) is 0 Å². The quantitative estimate of drug-likeness (QED) is 0.747. The fraction of sp³-hybridized carbons (Fsp3) is 0.462. The summed E-state index contributed by atoms with van der Waals surface area (Å²) in [7, 11) is -2.87. The zero-order chi connectivity index (χ0) is 13.5. The Morgan fingerprint density at radius 2 is 1.94 bits per heavy atom. The average molecular weight is 270 g/mol. The largest absolute Gasteiger partial charge is 0.481 e. The molecule has 5 heteroatoms. The molecular formula is C13H19O4P. The molecule has 0 radical (unpaired) electrons. The number of carboxylic acid groups (broad SMARTS) is 1. The first-order chi connectivity index (χ1) is 8.57. The lowest BCUT2D eigenvalue weighted by Gasteiger charge is -2.21. The zero-order valence-corrected chi connectivity index (χ0v) is 11.4. The molecule has 0 amide bonds. The van der Waals surface area contributed by atoms with E-state index in [4.69, 9.17) is 0 Å². The maximum Gasteiger partial charge on any atom is 0.311 e. The molecule has 18 heavy (non-hydrogen) atoms. The Kier molecular flexibility index (Phi) is 6.10. The second-order valence-corrected chi connectivity index (χ2v) is 5.73. The van der Waals surface area contributed by atoms with Crippen molar-refractivity contribution in [1.29, 1.82) is 0 Å². The van der Waals surface area contributed by atoms with Gasteiger partial charge in [0.1, 0.15) is 0 Å². The number of hydrogen-bond donors (Lipinski definition) is 2. The van der Waals surface area contributed by atoms with Crippen LogP contribution >= 0.6 is 8.03 Å². The molecule has 3 unspecified atom stereocenters. The molecule has 100 valence electrons. The Balaban J connectivity index is 3.01. The van der Waals surface area contributed by atoms with E-state index in [1.807, 2.05) is 6.92 Å². The average Bonchev–Trinajstić information content (AvgIpc) is 2.34. The smallest absolute Gasteiger partial charge is 0.311 e. The van der Waals surface area contributed by atoms with Gasteiger partial charge in [-0.05, 0) is 12.0 Å². The summed E-state index contributed by atoms with van der Waals surface area (Å²) in [6, 6.07) is 8.68. The van der Waals surface area contributed by atoms with Crippen LogP contribution in [0, 0.1) is 0 Å². The Labute approximate surface area is 108 Å². The molecular weight excluding hydrogens is 251 g/mol. The highest BCUT2D eigenvalue weighted by Gasteiger charge is 2.32. The van der Waals surface area contributed by atoms with Gasteiger partial charge < -0.3 is 10.00 Å². The SMILES string of the molecule is CCCCC(C(C(=O)O)c1ccccc1)[PH](=O)O. The third-order valence-corrected chi connectivity index (χ3v) is 4.27. The highest BCUT2D eigenvalue weighted by molar-refractivity contribution is 7.39. The minimum absolute atomic E-state index is 0.469. The summed E-state index contributed by atoms with van der Waals surface area (Å²) in [6.45, 7) is 1.98. The van der Waals surface area contributed by atoms with E-state index in [1.54, 1.807) is 30.3 Å². The van der Waals surface area contributed by atoms with Crippen LogP contribution in [0.25, 0.3) is 0 Å². The molecule has 0 fully saturated rings. The molecule has 0 heterocycles. The van der Waals surface area contributed by atoms with Crippen molar-refractivity contribution < 1.29 is 19.4 Å². The fourth-order valence-electron chi connectivity index (χ4n) is 2.06. The number of aliphatic carboxylic acids is 1. The molecule has 3 atom stereocenters. The van der Waals surface area contributed by atoms with Crippen molar-refractivity contribution in [2.24, 2.45) is 0 Å². The van der Waals surface area contributed by atoms with E-state index in [0.29, 0.717) is 12.0 Å². The molecule has 2 N–H and O–H groups in total. The minimum Gasteiger partial charge on any atom is -0.481 e. The zero-order valence-electron chi connectivity index (χ0n) is 10.4. The molecule has 0 aliphatic carbocycles. The maximum atomic E-state index is 11.4. The van der Waals surface area contributed by atoms with E-state index in [2.05, 4.69) is 0 Å². The van der Waals surface area contributed by atoms with Gasteiger partial charge in [0, 0.05) is 0 Å². The van der Waals surface area contributed by atoms with Crippen molar-refractivity contribution in [1.82, 2.24) is 0 Å². The van der Waals surface area contributed by atoms with Gasteiger partial charge in [-0.25, -0.2) is 0 Å². The fourth-order valence-corrected chi connectivity index (χ4v) is 3.14. The molecule has 0 saturated carbocycles. The normalized spacial score (nSPS) is 15.9. The van der Waals surface area contributed by atoms with Crippen LogP contribution in [0.2, 0.25) is 0 Å². The second kappa shape index (κ2) is 7.34. The molecule has 0 bridgehead atoms. The summed E-state index contributed by atoms with van der Waals surface area (Å²) in [5.41, 5.74) is -0.0895. The van der Waals surface area contributed by atoms with Gasteiger partial charge in [-0.1, -0.05) is 50.1 Å². The van der Waals surface area contributed by atoms with Crippen molar-refractivity contribution in [3.63, 3.8) is 0 Å². The second-order valence-electron chi connectivity index (χ2n) is 4.31. The van der Waals surface area contributed by atoms with Crippen molar-refractivity contribution in [3.05, 3.63) is 35.9 Å². The number of carbonyl (C=O) groups is 1. The van der Waals surface area contributed by atoms with Gasteiger partial charge in [-0.3, -0.25) is 9.36 Å². The van der Waals surface area contributed by atoms with E-state index in [9.17, 15) is 19.4 Å². The molecule has 0 aliphatic heterocycles. The monoisotopic (exact) mass is 270 g/mol. The van der Waals surface area contributed by atoms with Crippen molar-refractivity contribution >= 4 is 14.0 Å². The number of carboxylic acids is 1. The Morgan fingerprint density at radius 3 is 2.39 bits per heavy atom. The first-order valence-electron chi connectivity index (χ1n) is 6.08. The first kappa shape index (κ1) is 14.9. The highest BCUT2D eigenvalue weighted by Crippen LogP contribution is 2.38. The van der Waals surface area contributed by atoms with Crippen LogP contribution in [0.5, 0.6) is 0 Å². The van der Waals surface area contributed by atoms with E-state index in [0.717, 1.165) is 12.8 Å². The van der Waals surface area contributed by atoms with E-state index in [1.165, 1.54) is 0 Å². The van der Waals surface area contributed by atoms with Crippen LogP contribution < -0.4 is 0 Å². The van der Waals surface area contributed by atoms with Gasteiger partial charge >= 0.3 is 5.97 Å². The summed E-state index contributed by atoms with van der Waals surface area (Å²) >= 11 is 0. The number of unbranched alkanes of at least 4 members (excludes halogenated alkanes) is 1. The van der Waals surface area contributed by atoms with Gasteiger partial charge in [0.2, 0.25) is 0 Å². The summed E-state index contributed by atoms with van der Waals surface area (Å²) in [5.74, 6) is -1.93. The van der Waals surface area contributed by atoms with Crippen LogP contribution in [0.4, 0.5) is 0 Å². The van der Waals surface area contributed by atoms with Crippen LogP contribution in [-0.2, 0) is 9.36 Å². The molecule has 1 aromatic carbocycles. The molecule has 0 aliphatic rings. The predicted molar refractivity (Wildman–Crippen MR) is 71.4 cm³/mol. The van der Waals surface area contributed by atoms with Gasteiger partial charge in [0.05, 0.1) is 11.6 Å². The van der Waals surface area contributed by atoms with Crippen LogP contribution in [0.15, 0.2) is 30.3 Å². The standard InChI is InChI=1S/C13H19O4P/c1-2-3-9-11(18(16)17)12(13(14)15)10-7-5-4-6-8-10/h4-8,11-12,18H,2-3,9H2,1H3,(H,14,15)(H,16,17). The lowest BCUT2D eigenvalue weighted by Crippen LogP contribution is -2.23. The maximum absolute atomic E-state index is 11.4. The van der Waals surface area contributed by atoms with E-state index < -0.39 is 25.6 Å². The van der Waals surface area contributed by atoms with Gasteiger partial charge in [-0.15, -0.1) is 0 Å². The highest BCUT2D eigenvalue weighted by atomic mass is 31.1. The van der Waals surface area contributed by atoms with Crippen LogP contribution in [0.3, 0.4) is 0 Å². The Hall–Kier alpha value is -1.12. The molecule has 1 rings (SSSR count). The molecule has 0 saturated heterocycles. The molecule has 1 aromatic rings. The number of hydrogen-bond acceptors (Lipinski definition) is 2. The molecule has 0 aromatic heterocycles. The number of benzene rings is 1. The predicted octanol–water partition coefficient (Wildman–Crippen LogP) is 2.88. The van der Waals surface area contributed by atoms with Crippen LogP contribution in [-0.4, -0.2) is 21.6 Å². The Bertz CT molecular complexity index is 405. The van der Waals surface area contributed by atoms with E-state index >= 15 is 0 Å². The van der Waals surface area contributed by atoms with Crippen LogP contribution in [0.1, 0.15) is 37.7 Å². The lowest BCUT2D eigenvalue weighted by atomic mass is 9.93. The summed E-state index contributed by atoms with van der Waals surface area (Å²) in [4.78, 5) is 20.8. The van der Waals surface area contributed by atoms with Gasteiger partial charge in [0.25, 0.3) is 0 Å².